The predicted octanol–water partition coefficient (Wildman–Crippen LogP) is 3.05. The first kappa shape index (κ1) is 30.7. The number of alkyl carbamates (subject to hydrolysis) is 1. The van der Waals surface area contributed by atoms with Crippen molar-refractivity contribution >= 4 is 23.8 Å². The molecule has 36 heavy (non-hydrogen) atoms. The number of aryl methyl sites for hydroxylation is 1. The highest BCUT2D eigenvalue weighted by molar-refractivity contribution is 5.94. The summed E-state index contributed by atoms with van der Waals surface area (Å²) in [5.41, 5.74) is 5.56. The number of rotatable bonds is 11. The van der Waals surface area contributed by atoms with E-state index in [1.54, 1.807) is 53.7 Å². The molecule has 0 aliphatic rings. The number of carbonyl (C=O) groups is 4. The number of phenols is 1. The standard InChI is InChI=1S/C26H42N4O6/c1-9-10-17(5)28-23(33)22(18-11-12-20(31)16(4)13-18)30(15(2)3)24(34)19(14-21(27)32)29-25(35)36-26(6,7)8/h11-13,15,17,19,22,31H,9-10,14H2,1-8H3,(H2,27,32)(H,28,33)(H,29,35). The Morgan fingerprint density at radius 3 is 2.19 bits per heavy atom. The molecule has 3 atom stereocenters. The average molecular weight is 507 g/mol. The largest absolute Gasteiger partial charge is 0.508 e. The second-order valence-electron chi connectivity index (χ2n) is 10.4. The summed E-state index contributed by atoms with van der Waals surface area (Å²) in [6.07, 6.45) is 0.241. The number of aromatic hydroxyl groups is 1. The van der Waals surface area contributed by atoms with Crippen LogP contribution < -0.4 is 16.4 Å². The van der Waals surface area contributed by atoms with Crippen molar-refractivity contribution in [1.82, 2.24) is 15.5 Å². The molecule has 0 spiro atoms. The zero-order valence-electron chi connectivity index (χ0n) is 22.7. The van der Waals surface area contributed by atoms with Crippen LogP contribution in [0.4, 0.5) is 4.79 Å². The molecule has 0 saturated carbocycles. The van der Waals surface area contributed by atoms with Crippen LogP contribution in [0, 0.1) is 6.92 Å². The number of nitrogens with two attached hydrogens (primary N) is 1. The van der Waals surface area contributed by atoms with Crippen molar-refractivity contribution < 1.29 is 29.0 Å². The first-order valence-electron chi connectivity index (χ1n) is 12.3. The maximum Gasteiger partial charge on any atom is 0.408 e. The zero-order valence-corrected chi connectivity index (χ0v) is 22.7. The van der Waals surface area contributed by atoms with Crippen molar-refractivity contribution in [2.75, 3.05) is 0 Å². The van der Waals surface area contributed by atoms with Crippen LogP contribution in [-0.2, 0) is 19.1 Å². The van der Waals surface area contributed by atoms with Gasteiger partial charge in [-0.3, -0.25) is 14.4 Å². The van der Waals surface area contributed by atoms with Crippen molar-refractivity contribution in [1.29, 1.82) is 0 Å². The molecular weight excluding hydrogens is 464 g/mol. The van der Waals surface area contributed by atoms with Gasteiger partial charge in [-0.25, -0.2) is 4.79 Å². The van der Waals surface area contributed by atoms with Crippen molar-refractivity contribution in [3.63, 3.8) is 0 Å². The van der Waals surface area contributed by atoms with E-state index in [9.17, 15) is 24.3 Å². The minimum Gasteiger partial charge on any atom is -0.508 e. The highest BCUT2D eigenvalue weighted by atomic mass is 16.6. The van der Waals surface area contributed by atoms with Crippen LogP contribution in [-0.4, -0.2) is 57.5 Å². The molecule has 0 aromatic heterocycles. The van der Waals surface area contributed by atoms with Crippen LogP contribution >= 0.6 is 0 Å². The van der Waals surface area contributed by atoms with Crippen molar-refractivity contribution in [2.45, 2.75) is 104 Å². The fraction of sp³-hybridized carbons (Fsp3) is 0.615. The summed E-state index contributed by atoms with van der Waals surface area (Å²) in [5, 5.41) is 15.4. The predicted molar refractivity (Wildman–Crippen MR) is 137 cm³/mol. The van der Waals surface area contributed by atoms with Crippen LogP contribution in [0.15, 0.2) is 18.2 Å². The quantitative estimate of drug-likeness (QED) is 0.362. The highest BCUT2D eigenvalue weighted by Gasteiger charge is 2.38. The molecule has 0 fully saturated rings. The molecule has 0 heterocycles. The van der Waals surface area contributed by atoms with E-state index >= 15 is 0 Å². The Bertz CT molecular complexity index is 941. The van der Waals surface area contributed by atoms with Crippen molar-refractivity contribution in [3.05, 3.63) is 29.3 Å². The Morgan fingerprint density at radius 2 is 1.72 bits per heavy atom. The molecule has 1 aromatic carbocycles. The van der Waals surface area contributed by atoms with Crippen LogP contribution in [0.1, 0.15) is 84.9 Å². The number of carbonyl (C=O) groups excluding carboxylic acids is 4. The third kappa shape index (κ3) is 9.39. The third-order valence-electron chi connectivity index (χ3n) is 5.38. The third-order valence-corrected chi connectivity index (χ3v) is 5.38. The minimum atomic E-state index is -1.35. The van der Waals surface area contributed by atoms with Gasteiger partial charge in [0.2, 0.25) is 17.7 Å². The first-order chi connectivity index (χ1) is 16.6. The summed E-state index contributed by atoms with van der Waals surface area (Å²) in [5.74, 6) is -1.83. The summed E-state index contributed by atoms with van der Waals surface area (Å²) in [7, 11) is 0. The monoisotopic (exact) mass is 506 g/mol. The van der Waals surface area contributed by atoms with E-state index in [2.05, 4.69) is 10.6 Å². The topological polar surface area (TPSA) is 151 Å². The molecule has 3 unspecified atom stereocenters. The number of benzene rings is 1. The minimum absolute atomic E-state index is 0.0536. The van der Waals surface area contributed by atoms with Gasteiger partial charge in [-0.1, -0.05) is 19.4 Å². The highest BCUT2D eigenvalue weighted by Crippen LogP contribution is 2.29. The molecule has 0 saturated heterocycles. The maximum atomic E-state index is 13.8. The first-order valence-corrected chi connectivity index (χ1v) is 12.3. The van der Waals surface area contributed by atoms with Crippen LogP contribution in [0.5, 0.6) is 5.75 Å². The second-order valence-corrected chi connectivity index (χ2v) is 10.4. The van der Waals surface area contributed by atoms with E-state index in [1.807, 2.05) is 13.8 Å². The molecular formula is C26H42N4O6. The number of nitrogens with zero attached hydrogens (tertiary/aromatic N) is 1. The molecule has 4 amide bonds. The van der Waals surface area contributed by atoms with E-state index in [4.69, 9.17) is 10.5 Å². The Balaban J connectivity index is 3.52. The Labute approximate surface area is 213 Å². The lowest BCUT2D eigenvalue weighted by atomic mass is 9.98. The van der Waals surface area contributed by atoms with Gasteiger partial charge in [0, 0.05) is 12.1 Å². The number of hydrogen-bond donors (Lipinski definition) is 4. The Hall–Kier alpha value is -3.30. The number of phenolic OH excluding ortho intramolecular Hbond substituents is 1. The normalized spacial score (nSPS) is 13.9. The summed E-state index contributed by atoms with van der Waals surface area (Å²) < 4.78 is 5.26. The molecule has 0 aliphatic carbocycles. The van der Waals surface area contributed by atoms with Gasteiger partial charge in [0.1, 0.15) is 23.4 Å². The second kappa shape index (κ2) is 13.1. The summed E-state index contributed by atoms with van der Waals surface area (Å²) in [6.45, 7) is 14.0. The van der Waals surface area contributed by atoms with E-state index in [-0.39, 0.29) is 11.8 Å². The zero-order chi connectivity index (χ0) is 27.8. The molecule has 10 heteroatoms. The molecule has 202 valence electrons. The molecule has 5 N–H and O–H groups in total. The van der Waals surface area contributed by atoms with E-state index in [0.717, 1.165) is 12.8 Å². The fourth-order valence-corrected chi connectivity index (χ4v) is 3.82. The van der Waals surface area contributed by atoms with E-state index in [1.165, 1.54) is 11.0 Å². The Kier molecular flexibility index (Phi) is 11.2. The Morgan fingerprint density at radius 1 is 1.11 bits per heavy atom. The smallest absolute Gasteiger partial charge is 0.408 e. The van der Waals surface area contributed by atoms with Gasteiger partial charge >= 0.3 is 6.09 Å². The molecule has 1 aromatic rings. The van der Waals surface area contributed by atoms with Gasteiger partial charge in [-0.2, -0.15) is 0 Å². The molecule has 0 aliphatic heterocycles. The van der Waals surface area contributed by atoms with Crippen LogP contribution in [0.2, 0.25) is 0 Å². The van der Waals surface area contributed by atoms with Gasteiger partial charge in [0.15, 0.2) is 0 Å². The lowest BCUT2D eigenvalue weighted by Crippen LogP contribution is -2.56. The van der Waals surface area contributed by atoms with Gasteiger partial charge in [0.25, 0.3) is 0 Å². The number of amides is 4. The van der Waals surface area contributed by atoms with Crippen LogP contribution in [0.25, 0.3) is 0 Å². The lowest BCUT2D eigenvalue weighted by Gasteiger charge is -2.37. The maximum absolute atomic E-state index is 13.8. The van der Waals surface area contributed by atoms with Crippen molar-refractivity contribution in [2.24, 2.45) is 5.73 Å². The lowest BCUT2D eigenvalue weighted by molar-refractivity contribution is -0.145. The summed E-state index contributed by atoms with van der Waals surface area (Å²) in [4.78, 5) is 53.0. The average Bonchev–Trinajstić information content (AvgIpc) is 2.71. The molecule has 1 rings (SSSR count). The van der Waals surface area contributed by atoms with E-state index in [0.29, 0.717) is 11.1 Å². The fourth-order valence-electron chi connectivity index (χ4n) is 3.82. The van der Waals surface area contributed by atoms with E-state index < -0.39 is 54.0 Å². The molecule has 0 radical (unpaired) electrons. The number of hydrogen-bond acceptors (Lipinski definition) is 6. The SMILES string of the molecule is CCCC(C)NC(=O)C(c1ccc(O)c(C)c1)N(C(=O)C(CC(N)=O)NC(=O)OC(C)(C)C)C(C)C. The summed E-state index contributed by atoms with van der Waals surface area (Å²) >= 11 is 0. The number of ether oxygens (including phenoxy) is 1. The van der Waals surface area contributed by atoms with Crippen LogP contribution in [0.3, 0.4) is 0 Å². The molecule has 0 bridgehead atoms. The van der Waals surface area contributed by atoms with Gasteiger partial charge < -0.3 is 31.1 Å². The van der Waals surface area contributed by atoms with Crippen molar-refractivity contribution in [3.8, 4) is 5.75 Å². The van der Waals surface area contributed by atoms with Gasteiger partial charge in [-0.05, 0) is 78.1 Å². The number of nitrogens with one attached hydrogen (secondary N) is 2. The van der Waals surface area contributed by atoms with Gasteiger partial charge in [0.05, 0.1) is 6.42 Å². The summed E-state index contributed by atoms with van der Waals surface area (Å²) in [6, 6.07) is 1.59. The number of primary amides is 1. The van der Waals surface area contributed by atoms with Gasteiger partial charge in [-0.15, -0.1) is 0 Å². The molecule has 10 nitrogen and oxygen atoms in total.